The largest absolute Gasteiger partial charge is 0.464 e. The number of esters is 1. The van der Waals surface area contributed by atoms with Crippen LogP contribution in [0.25, 0.3) is 0 Å². The van der Waals surface area contributed by atoms with Crippen LogP contribution in [0.3, 0.4) is 0 Å². The zero-order chi connectivity index (χ0) is 13.0. The number of aromatic nitrogens is 3. The predicted octanol–water partition coefficient (Wildman–Crippen LogP) is 0.972. The summed E-state index contributed by atoms with van der Waals surface area (Å²) in [5.74, 6) is -1.01. The summed E-state index contributed by atoms with van der Waals surface area (Å²) in [6.45, 7) is 0. The number of methoxy groups -OCH3 is 1. The zero-order valence-corrected chi connectivity index (χ0v) is 10.1. The second-order valence-electron chi connectivity index (χ2n) is 3.13. The molecule has 18 heavy (non-hydrogen) atoms. The number of rotatable bonds is 3. The van der Waals surface area contributed by atoms with Crippen LogP contribution < -0.4 is 5.32 Å². The number of pyridine rings is 1. The van der Waals surface area contributed by atoms with E-state index < -0.39 is 5.97 Å². The molecule has 2 aromatic heterocycles. The Bertz CT molecular complexity index is 570. The van der Waals surface area contributed by atoms with Crippen LogP contribution in [0.1, 0.15) is 20.8 Å². The Kier molecular flexibility index (Phi) is 3.58. The molecule has 0 aromatic carbocycles. The molecule has 1 amide bonds. The van der Waals surface area contributed by atoms with Gasteiger partial charge in [0.1, 0.15) is 0 Å². The minimum atomic E-state index is -0.645. The molecule has 0 radical (unpaired) electrons. The quantitative estimate of drug-likeness (QED) is 0.830. The molecule has 0 aliphatic carbocycles. The van der Waals surface area contributed by atoms with Gasteiger partial charge in [-0.15, -0.1) is 5.10 Å². The van der Waals surface area contributed by atoms with Crippen LogP contribution in [-0.4, -0.2) is 33.6 Å². The van der Waals surface area contributed by atoms with E-state index in [-0.39, 0.29) is 16.6 Å². The lowest BCUT2D eigenvalue weighted by atomic mass is 10.2. The van der Waals surface area contributed by atoms with E-state index in [1.807, 2.05) is 0 Å². The van der Waals surface area contributed by atoms with Crippen molar-refractivity contribution in [3.8, 4) is 0 Å². The van der Waals surface area contributed by atoms with Gasteiger partial charge in [0.05, 0.1) is 7.11 Å². The number of hydrogen-bond acceptors (Lipinski definition) is 7. The van der Waals surface area contributed by atoms with Crippen LogP contribution in [0.5, 0.6) is 0 Å². The Morgan fingerprint density at radius 2 is 2.06 bits per heavy atom. The van der Waals surface area contributed by atoms with Crippen molar-refractivity contribution < 1.29 is 14.3 Å². The summed E-state index contributed by atoms with van der Waals surface area (Å²) in [4.78, 5) is 27.0. The first-order chi connectivity index (χ1) is 8.72. The fourth-order valence-corrected chi connectivity index (χ4v) is 1.73. The summed E-state index contributed by atoms with van der Waals surface area (Å²) in [5, 5.41) is 6.40. The summed E-state index contributed by atoms with van der Waals surface area (Å²) < 4.78 is 8.13. The third-order valence-corrected chi connectivity index (χ3v) is 2.68. The first kappa shape index (κ1) is 12.1. The van der Waals surface area contributed by atoms with Crippen LogP contribution in [0.4, 0.5) is 5.00 Å². The molecule has 92 valence electrons. The highest BCUT2D eigenvalue weighted by Gasteiger charge is 2.19. The number of ether oxygens (including phenoxy) is 1. The Morgan fingerprint density at radius 1 is 1.33 bits per heavy atom. The summed E-state index contributed by atoms with van der Waals surface area (Å²) in [6, 6.07) is 3.11. The lowest BCUT2D eigenvalue weighted by molar-refractivity contribution is 0.0595. The number of carbonyl (C=O) groups excluding carboxylic acids is 2. The van der Waals surface area contributed by atoms with Gasteiger partial charge in [-0.1, -0.05) is 4.49 Å². The number of nitrogens with one attached hydrogen (secondary N) is 1. The second-order valence-corrected chi connectivity index (χ2v) is 3.89. The lowest BCUT2D eigenvalue weighted by Crippen LogP contribution is -2.14. The average Bonchev–Trinajstić information content (AvgIpc) is 2.87. The van der Waals surface area contributed by atoms with E-state index in [9.17, 15) is 9.59 Å². The van der Waals surface area contributed by atoms with Crippen molar-refractivity contribution >= 4 is 28.4 Å². The minimum Gasteiger partial charge on any atom is -0.464 e. The van der Waals surface area contributed by atoms with Crippen LogP contribution in [0.2, 0.25) is 0 Å². The van der Waals surface area contributed by atoms with E-state index in [4.69, 9.17) is 0 Å². The van der Waals surface area contributed by atoms with Gasteiger partial charge in [0.25, 0.3) is 5.91 Å². The Labute approximate surface area is 106 Å². The molecule has 2 rings (SSSR count). The van der Waals surface area contributed by atoms with Gasteiger partial charge in [0.2, 0.25) is 5.69 Å². The highest BCUT2D eigenvalue weighted by atomic mass is 32.1. The molecule has 0 spiro atoms. The molecule has 8 heteroatoms. The first-order valence-electron chi connectivity index (χ1n) is 4.84. The van der Waals surface area contributed by atoms with Crippen LogP contribution >= 0.6 is 11.5 Å². The first-order valence-corrected chi connectivity index (χ1v) is 5.61. The average molecular weight is 264 g/mol. The van der Waals surface area contributed by atoms with Gasteiger partial charge in [-0.05, 0) is 12.1 Å². The molecule has 0 bridgehead atoms. The van der Waals surface area contributed by atoms with Crippen molar-refractivity contribution in [1.82, 2.24) is 14.6 Å². The highest BCUT2D eigenvalue weighted by molar-refractivity contribution is 7.10. The molecule has 0 aliphatic rings. The molecule has 7 nitrogen and oxygen atoms in total. The van der Waals surface area contributed by atoms with Gasteiger partial charge in [-0.2, -0.15) is 0 Å². The molecule has 0 unspecified atom stereocenters. The lowest BCUT2D eigenvalue weighted by Gasteiger charge is -2.02. The molecular formula is C10H8N4O3S. The Balaban J connectivity index is 2.18. The van der Waals surface area contributed by atoms with Crippen molar-refractivity contribution in [3.05, 3.63) is 35.8 Å². The summed E-state index contributed by atoms with van der Waals surface area (Å²) >= 11 is 0.907. The minimum absolute atomic E-state index is 0.00935. The van der Waals surface area contributed by atoms with Crippen molar-refractivity contribution in [2.75, 3.05) is 12.4 Å². The van der Waals surface area contributed by atoms with Gasteiger partial charge in [-0.3, -0.25) is 9.78 Å². The van der Waals surface area contributed by atoms with Crippen LogP contribution in [0.15, 0.2) is 24.5 Å². The summed E-state index contributed by atoms with van der Waals surface area (Å²) in [6.07, 6.45) is 3.00. The van der Waals surface area contributed by atoms with Gasteiger partial charge in [0.15, 0.2) is 5.00 Å². The summed E-state index contributed by atoms with van der Waals surface area (Å²) in [5.41, 5.74) is 0.416. The fourth-order valence-electron chi connectivity index (χ4n) is 1.18. The number of nitrogens with zero attached hydrogens (tertiary/aromatic N) is 3. The topological polar surface area (TPSA) is 94.1 Å². The molecular weight excluding hydrogens is 256 g/mol. The SMILES string of the molecule is COC(=O)c1nnsc1NC(=O)c1ccncc1. The number of hydrogen-bond donors (Lipinski definition) is 1. The third kappa shape index (κ3) is 2.48. The van der Waals surface area contributed by atoms with Gasteiger partial charge in [0, 0.05) is 29.5 Å². The van der Waals surface area contributed by atoms with Gasteiger partial charge >= 0.3 is 5.97 Å². The molecule has 0 fully saturated rings. The molecule has 0 saturated heterocycles. The maximum absolute atomic E-state index is 11.8. The van der Waals surface area contributed by atoms with E-state index in [0.717, 1.165) is 11.5 Å². The molecule has 0 aliphatic heterocycles. The maximum Gasteiger partial charge on any atom is 0.361 e. The van der Waals surface area contributed by atoms with E-state index in [1.165, 1.54) is 19.5 Å². The monoisotopic (exact) mass is 264 g/mol. The van der Waals surface area contributed by atoms with Crippen molar-refractivity contribution in [1.29, 1.82) is 0 Å². The molecule has 0 atom stereocenters. The Hall–Kier alpha value is -2.35. The van der Waals surface area contributed by atoms with E-state index >= 15 is 0 Å². The smallest absolute Gasteiger partial charge is 0.361 e. The number of carbonyl (C=O) groups is 2. The van der Waals surface area contributed by atoms with Gasteiger partial charge < -0.3 is 10.1 Å². The molecule has 0 saturated carbocycles. The van der Waals surface area contributed by atoms with Crippen LogP contribution in [0, 0.1) is 0 Å². The maximum atomic E-state index is 11.8. The highest BCUT2D eigenvalue weighted by Crippen LogP contribution is 2.19. The van der Waals surface area contributed by atoms with E-state index in [2.05, 4.69) is 24.6 Å². The normalized spacial score (nSPS) is 9.83. The predicted molar refractivity (Wildman–Crippen MR) is 63.4 cm³/mol. The zero-order valence-electron chi connectivity index (χ0n) is 9.28. The Morgan fingerprint density at radius 3 is 2.72 bits per heavy atom. The summed E-state index contributed by atoms with van der Waals surface area (Å²) in [7, 11) is 1.23. The molecule has 1 N–H and O–H groups in total. The molecule has 2 heterocycles. The third-order valence-electron chi connectivity index (χ3n) is 2.04. The molecule has 2 aromatic rings. The van der Waals surface area contributed by atoms with E-state index in [1.54, 1.807) is 12.1 Å². The standard InChI is InChI=1S/C10H8N4O3S/c1-17-10(16)7-9(18-14-13-7)12-8(15)6-2-4-11-5-3-6/h2-5H,1H3,(H,12,15). The fraction of sp³-hybridized carbons (Fsp3) is 0.100. The van der Waals surface area contributed by atoms with Crippen molar-refractivity contribution in [3.63, 3.8) is 0 Å². The van der Waals surface area contributed by atoms with E-state index in [0.29, 0.717) is 5.56 Å². The van der Waals surface area contributed by atoms with Crippen molar-refractivity contribution in [2.45, 2.75) is 0 Å². The van der Waals surface area contributed by atoms with Gasteiger partial charge in [-0.25, -0.2) is 4.79 Å². The number of anilines is 1. The number of amides is 1. The van der Waals surface area contributed by atoms with Crippen molar-refractivity contribution in [2.24, 2.45) is 0 Å². The second kappa shape index (κ2) is 5.32. The van der Waals surface area contributed by atoms with Crippen LogP contribution in [-0.2, 0) is 4.74 Å².